The summed E-state index contributed by atoms with van der Waals surface area (Å²) in [7, 11) is 0. The molecule has 3 atom stereocenters. The van der Waals surface area contributed by atoms with Gasteiger partial charge in [-0.25, -0.2) is 0 Å². The van der Waals surface area contributed by atoms with Crippen LogP contribution in [0.5, 0.6) is 0 Å². The number of aliphatic hydroxyl groups is 1. The summed E-state index contributed by atoms with van der Waals surface area (Å²) in [6.07, 6.45) is 12.6. The number of ether oxygens (including phenoxy) is 1. The van der Waals surface area contributed by atoms with Gasteiger partial charge in [0.05, 0.1) is 5.92 Å². The van der Waals surface area contributed by atoms with E-state index < -0.39 is 5.60 Å². The summed E-state index contributed by atoms with van der Waals surface area (Å²) in [5, 5.41) is 11.1. The number of rotatable bonds is 2. The number of hydrogen-bond acceptors (Lipinski definition) is 3. The molecule has 0 spiro atoms. The Morgan fingerprint density at radius 2 is 1.70 bits per heavy atom. The lowest BCUT2D eigenvalue weighted by atomic mass is 9.77. The Morgan fingerprint density at radius 1 is 1.10 bits per heavy atom. The molecule has 1 saturated heterocycles. The minimum Gasteiger partial charge on any atom is -0.459 e. The molecule has 1 saturated carbocycles. The van der Waals surface area contributed by atoms with Crippen molar-refractivity contribution in [2.75, 3.05) is 0 Å². The molecule has 116 valence electrons. The van der Waals surface area contributed by atoms with Crippen LogP contribution in [0.15, 0.2) is 0 Å². The highest BCUT2D eigenvalue weighted by atomic mass is 16.6. The molecule has 0 radical (unpaired) electrons. The van der Waals surface area contributed by atoms with E-state index in [4.69, 9.17) is 4.74 Å². The van der Waals surface area contributed by atoms with Gasteiger partial charge in [0.25, 0.3) is 0 Å². The number of esters is 1. The molecule has 20 heavy (non-hydrogen) atoms. The predicted octanol–water partition coefficient (Wildman–Crippen LogP) is 3.97. The van der Waals surface area contributed by atoms with Crippen LogP contribution in [0.25, 0.3) is 0 Å². The average molecular weight is 282 g/mol. The monoisotopic (exact) mass is 282 g/mol. The van der Waals surface area contributed by atoms with E-state index >= 15 is 0 Å². The molecular formula is C17H30O3. The van der Waals surface area contributed by atoms with Crippen molar-refractivity contribution in [3.8, 4) is 0 Å². The highest BCUT2D eigenvalue weighted by Crippen LogP contribution is 2.41. The molecule has 2 rings (SSSR count). The molecule has 2 aliphatic rings. The van der Waals surface area contributed by atoms with Crippen LogP contribution in [0.2, 0.25) is 0 Å². The number of hydrogen-bond donors (Lipinski definition) is 1. The fourth-order valence-electron chi connectivity index (χ4n) is 3.85. The highest BCUT2D eigenvalue weighted by molar-refractivity contribution is 5.77. The van der Waals surface area contributed by atoms with Crippen LogP contribution in [-0.4, -0.2) is 22.8 Å². The molecule has 3 unspecified atom stereocenters. The molecule has 3 nitrogen and oxygen atoms in total. The summed E-state index contributed by atoms with van der Waals surface area (Å²) in [6.45, 7) is 2.07. The fraction of sp³-hybridized carbons (Fsp3) is 0.941. The molecule has 1 aliphatic carbocycles. The van der Waals surface area contributed by atoms with Gasteiger partial charge in [0, 0.05) is 0 Å². The van der Waals surface area contributed by atoms with E-state index in [1.54, 1.807) is 0 Å². The first kappa shape index (κ1) is 15.8. The second kappa shape index (κ2) is 7.44. The lowest BCUT2D eigenvalue weighted by Crippen LogP contribution is -2.44. The Hall–Kier alpha value is -0.570. The molecule has 1 aliphatic heterocycles. The molecule has 0 aromatic rings. The lowest BCUT2D eigenvalue weighted by molar-refractivity contribution is -0.144. The van der Waals surface area contributed by atoms with Gasteiger partial charge < -0.3 is 9.84 Å². The average Bonchev–Trinajstić information content (AvgIpc) is 2.64. The van der Waals surface area contributed by atoms with Crippen LogP contribution >= 0.6 is 0 Å². The minimum atomic E-state index is -0.897. The molecule has 0 aromatic carbocycles. The van der Waals surface area contributed by atoms with Crippen LogP contribution in [0.3, 0.4) is 0 Å². The SMILES string of the molecule is CCCC1C(=O)OC2CCCCCCCCCCC21O. The molecule has 0 bridgehead atoms. The van der Waals surface area contributed by atoms with Gasteiger partial charge in [-0.1, -0.05) is 58.3 Å². The smallest absolute Gasteiger partial charge is 0.312 e. The first-order valence-corrected chi connectivity index (χ1v) is 8.61. The van der Waals surface area contributed by atoms with Crippen LogP contribution in [-0.2, 0) is 9.53 Å². The van der Waals surface area contributed by atoms with Crippen molar-refractivity contribution in [3.05, 3.63) is 0 Å². The van der Waals surface area contributed by atoms with Gasteiger partial charge in [0.2, 0.25) is 0 Å². The maximum absolute atomic E-state index is 12.1. The van der Waals surface area contributed by atoms with Crippen molar-refractivity contribution in [2.24, 2.45) is 5.92 Å². The predicted molar refractivity (Wildman–Crippen MR) is 79.4 cm³/mol. The largest absolute Gasteiger partial charge is 0.459 e. The van der Waals surface area contributed by atoms with Crippen LogP contribution in [0.1, 0.15) is 84.0 Å². The first-order chi connectivity index (χ1) is 9.68. The van der Waals surface area contributed by atoms with Crippen molar-refractivity contribution in [2.45, 2.75) is 95.7 Å². The van der Waals surface area contributed by atoms with Crippen LogP contribution in [0, 0.1) is 5.92 Å². The summed E-state index contributed by atoms with van der Waals surface area (Å²) in [6, 6.07) is 0. The number of fused-ring (bicyclic) bond motifs is 1. The third-order valence-corrected chi connectivity index (χ3v) is 5.07. The molecule has 0 amide bonds. The lowest BCUT2D eigenvalue weighted by Gasteiger charge is -2.32. The topological polar surface area (TPSA) is 46.5 Å². The maximum atomic E-state index is 12.1. The van der Waals surface area contributed by atoms with Gasteiger partial charge >= 0.3 is 5.97 Å². The Kier molecular flexibility index (Phi) is 5.88. The second-order valence-electron chi connectivity index (χ2n) is 6.63. The van der Waals surface area contributed by atoms with Crippen molar-refractivity contribution < 1.29 is 14.6 Å². The third-order valence-electron chi connectivity index (χ3n) is 5.07. The Labute approximate surface area is 123 Å². The summed E-state index contributed by atoms with van der Waals surface area (Å²) < 4.78 is 5.55. The summed E-state index contributed by atoms with van der Waals surface area (Å²) in [5.41, 5.74) is -0.897. The van der Waals surface area contributed by atoms with Gasteiger partial charge in [-0.15, -0.1) is 0 Å². The van der Waals surface area contributed by atoms with E-state index in [1.165, 1.54) is 38.5 Å². The normalized spacial score (nSPS) is 36.6. The van der Waals surface area contributed by atoms with E-state index in [0.29, 0.717) is 0 Å². The number of carbonyl (C=O) groups is 1. The Balaban J connectivity index is 2.07. The summed E-state index contributed by atoms with van der Waals surface area (Å²) in [4.78, 5) is 12.1. The van der Waals surface area contributed by atoms with Crippen molar-refractivity contribution in [1.82, 2.24) is 0 Å². The van der Waals surface area contributed by atoms with E-state index in [9.17, 15) is 9.90 Å². The van der Waals surface area contributed by atoms with Gasteiger partial charge in [0.1, 0.15) is 11.7 Å². The van der Waals surface area contributed by atoms with Gasteiger partial charge in [0.15, 0.2) is 0 Å². The molecule has 2 fully saturated rings. The zero-order chi connectivity index (χ0) is 14.4. The van der Waals surface area contributed by atoms with Crippen molar-refractivity contribution in [1.29, 1.82) is 0 Å². The second-order valence-corrected chi connectivity index (χ2v) is 6.63. The summed E-state index contributed by atoms with van der Waals surface area (Å²) >= 11 is 0. The van der Waals surface area contributed by atoms with Gasteiger partial charge in [-0.3, -0.25) is 4.79 Å². The highest BCUT2D eigenvalue weighted by Gasteiger charge is 2.54. The van der Waals surface area contributed by atoms with Crippen LogP contribution < -0.4 is 0 Å². The first-order valence-electron chi connectivity index (χ1n) is 8.61. The Morgan fingerprint density at radius 3 is 2.35 bits per heavy atom. The standard InChI is InChI=1S/C17H30O3/c1-2-11-14-16(18)20-15-12-9-7-5-3-4-6-8-10-13-17(14,15)19/h14-15,19H,2-13H2,1H3. The molecule has 3 heteroatoms. The maximum Gasteiger partial charge on any atom is 0.312 e. The van der Waals surface area contributed by atoms with E-state index in [-0.39, 0.29) is 18.0 Å². The zero-order valence-electron chi connectivity index (χ0n) is 12.9. The van der Waals surface area contributed by atoms with Gasteiger partial charge in [-0.05, 0) is 25.7 Å². The fourth-order valence-corrected chi connectivity index (χ4v) is 3.85. The zero-order valence-corrected chi connectivity index (χ0v) is 12.9. The number of carbonyl (C=O) groups excluding carboxylic acids is 1. The molecular weight excluding hydrogens is 252 g/mol. The van der Waals surface area contributed by atoms with Gasteiger partial charge in [-0.2, -0.15) is 0 Å². The third kappa shape index (κ3) is 3.55. The quantitative estimate of drug-likeness (QED) is 0.779. The van der Waals surface area contributed by atoms with E-state index in [2.05, 4.69) is 6.92 Å². The molecule has 1 N–H and O–H groups in total. The Bertz CT molecular complexity index is 315. The molecule has 0 aromatic heterocycles. The summed E-state index contributed by atoms with van der Waals surface area (Å²) in [5.74, 6) is -0.449. The van der Waals surface area contributed by atoms with Crippen molar-refractivity contribution >= 4 is 5.97 Å². The molecule has 1 heterocycles. The van der Waals surface area contributed by atoms with Crippen molar-refractivity contribution in [3.63, 3.8) is 0 Å². The minimum absolute atomic E-state index is 0.158. The van der Waals surface area contributed by atoms with Crippen LogP contribution in [0.4, 0.5) is 0 Å². The van der Waals surface area contributed by atoms with E-state index in [0.717, 1.165) is 38.5 Å². The van der Waals surface area contributed by atoms with E-state index in [1.807, 2.05) is 0 Å².